The van der Waals surface area contributed by atoms with E-state index in [1.165, 1.54) is 7.05 Å². The molecule has 7 heteroatoms. The first-order valence-corrected chi connectivity index (χ1v) is 6.18. The van der Waals surface area contributed by atoms with E-state index < -0.39 is 28.8 Å². The molecule has 0 spiro atoms. The number of nitrogens with two attached hydrogens (primary N) is 1. The molecule has 1 aliphatic carbocycles. The van der Waals surface area contributed by atoms with Crippen molar-refractivity contribution in [2.24, 2.45) is 0 Å². The minimum absolute atomic E-state index is 0.174. The molecule has 0 unspecified atom stereocenters. The van der Waals surface area contributed by atoms with Crippen molar-refractivity contribution in [3.63, 3.8) is 0 Å². The van der Waals surface area contributed by atoms with Crippen LogP contribution in [0.25, 0.3) is 0 Å². The molecule has 0 aliphatic heterocycles. The second-order valence-corrected chi connectivity index (χ2v) is 4.86. The van der Waals surface area contributed by atoms with E-state index in [1.807, 2.05) is 0 Å². The molecule has 0 atom stereocenters. The third-order valence-corrected chi connectivity index (χ3v) is 2.97. The van der Waals surface area contributed by atoms with Crippen molar-refractivity contribution < 1.29 is 18.4 Å². The summed E-state index contributed by atoms with van der Waals surface area (Å²) in [4.78, 5) is 24.6. The Balaban J connectivity index is 2.07. The number of hydrogen-bond acceptors (Lipinski definition) is 3. The van der Waals surface area contributed by atoms with Gasteiger partial charge in [0.15, 0.2) is 5.82 Å². The van der Waals surface area contributed by atoms with Crippen molar-refractivity contribution in [3.8, 4) is 0 Å². The molecule has 0 heterocycles. The first kappa shape index (κ1) is 14.2. The zero-order valence-electron chi connectivity index (χ0n) is 11.0. The summed E-state index contributed by atoms with van der Waals surface area (Å²) in [5, 5.41) is 2.70. The molecule has 2 amide bonds. The van der Waals surface area contributed by atoms with Gasteiger partial charge in [0.1, 0.15) is 5.82 Å². The largest absolute Gasteiger partial charge is 0.396 e. The summed E-state index contributed by atoms with van der Waals surface area (Å²) in [7, 11) is 1.34. The Bertz CT molecular complexity index is 559. The molecule has 5 nitrogen and oxygen atoms in total. The van der Waals surface area contributed by atoms with Crippen LogP contribution in [-0.2, 0) is 4.79 Å². The molecular formula is C13H15F2N3O2. The SMILES string of the molecule is CN(CC(=O)NC1CC1)C(=O)c1cc(F)cc(N)c1F. The minimum Gasteiger partial charge on any atom is -0.396 e. The number of carbonyl (C=O) groups is 2. The molecule has 2 rings (SSSR count). The Labute approximate surface area is 114 Å². The van der Waals surface area contributed by atoms with Crippen molar-refractivity contribution >= 4 is 17.5 Å². The van der Waals surface area contributed by atoms with Gasteiger partial charge >= 0.3 is 0 Å². The van der Waals surface area contributed by atoms with Crippen LogP contribution in [-0.4, -0.2) is 36.3 Å². The first-order valence-electron chi connectivity index (χ1n) is 6.18. The number of benzene rings is 1. The number of halogens is 2. The van der Waals surface area contributed by atoms with Gasteiger partial charge in [-0.1, -0.05) is 0 Å². The predicted molar refractivity (Wildman–Crippen MR) is 68.9 cm³/mol. The molecule has 0 bridgehead atoms. The fourth-order valence-electron chi connectivity index (χ4n) is 1.76. The highest BCUT2D eigenvalue weighted by Crippen LogP contribution is 2.20. The number of nitrogens with one attached hydrogen (secondary N) is 1. The standard InChI is InChI=1S/C13H15F2N3O2/c1-18(6-11(19)17-8-2-3-8)13(20)9-4-7(14)5-10(16)12(9)15/h4-5,8H,2-3,6,16H2,1H3,(H,17,19). The lowest BCUT2D eigenvalue weighted by atomic mass is 10.1. The Morgan fingerprint density at radius 1 is 1.40 bits per heavy atom. The van der Waals surface area contributed by atoms with Crippen LogP contribution in [0.2, 0.25) is 0 Å². The monoisotopic (exact) mass is 283 g/mol. The number of carbonyl (C=O) groups excluding carboxylic acids is 2. The van der Waals surface area contributed by atoms with Gasteiger partial charge in [-0.05, 0) is 25.0 Å². The summed E-state index contributed by atoms with van der Waals surface area (Å²) in [5.74, 6) is -2.90. The van der Waals surface area contributed by atoms with E-state index in [2.05, 4.69) is 5.32 Å². The average Bonchev–Trinajstić information content (AvgIpc) is 3.16. The van der Waals surface area contributed by atoms with Crippen LogP contribution < -0.4 is 11.1 Å². The van der Waals surface area contributed by atoms with E-state index in [4.69, 9.17) is 5.73 Å². The van der Waals surface area contributed by atoms with Crippen molar-refractivity contribution in [2.45, 2.75) is 18.9 Å². The summed E-state index contributed by atoms with van der Waals surface area (Å²) in [6.07, 6.45) is 1.86. The summed E-state index contributed by atoms with van der Waals surface area (Å²) in [6, 6.07) is 1.74. The van der Waals surface area contributed by atoms with E-state index in [0.717, 1.165) is 29.9 Å². The molecular weight excluding hydrogens is 268 g/mol. The van der Waals surface area contributed by atoms with Crippen molar-refractivity contribution in [2.75, 3.05) is 19.3 Å². The maximum absolute atomic E-state index is 13.7. The van der Waals surface area contributed by atoms with Gasteiger partial charge in [-0.25, -0.2) is 8.78 Å². The first-order chi connectivity index (χ1) is 9.38. The predicted octanol–water partition coefficient (Wildman–Crippen LogP) is 0.898. The highest BCUT2D eigenvalue weighted by molar-refractivity contribution is 5.97. The zero-order valence-corrected chi connectivity index (χ0v) is 11.0. The minimum atomic E-state index is -0.981. The topological polar surface area (TPSA) is 75.4 Å². The number of nitrogens with zero attached hydrogens (tertiary/aromatic N) is 1. The molecule has 3 N–H and O–H groups in total. The Morgan fingerprint density at radius 3 is 2.65 bits per heavy atom. The number of amides is 2. The second-order valence-electron chi connectivity index (χ2n) is 4.86. The molecule has 1 aromatic carbocycles. The van der Waals surface area contributed by atoms with Gasteiger partial charge in [0.25, 0.3) is 5.91 Å². The van der Waals surface area contributed by atoms with E-state index >= 15 is 0 Å². The zero-order chi connectivity index (χ0) is 14.9. The van der Waals surface area contributed by atoms with Gasteiger partial charge in [0.2, 0.25) is 5.91 Å². The van der Waals surface area contributed by atoms with E-state index in [-0.39, 0.29) is 18.5 Å². The maximum atomic E-state index is 13.7. The fraction of sp³-hybridized carbons (Fsp3) is 0.385. The van der Waals surface area contributed by atoms with Gasteiger partial charge in [0.05, 0.1) is 17.8 Å². The molecule has 1 aliphatic rings. The normalized spacial score (nSPS) is 13.9. The van der Waals surface area contributed by atoms with E-state index in [1.54, 1.807) is 0 Å². The maximum Gasteiger partial charge on any atom is 0.257 e. The van der Waals surface area contributed by atoms with E-state index in [0.29, 0.717) is 0 Å². The highest BCUT2D eigenvalue weighted by atomic mass is 19.1. The summed E-state index contributed by atoms with van der Waals surface area (Å²) in [5.41, 5.74) is 4.35. The molecule has 0 radical (unpaired) electrons. The molecule has 108 valence electrons. The molecule has 20 heavy (non-hydrogen) atoms. The van der Waals surface area contributed by atoms with Crippen LogP contribution in [0, 0.1) is 11.6 Å². The smallest absolute Gasteiger partial charge is 0.257 e. The van der Waals surface area contributed by atoms with Crippen molar-refractivity contribution in [1.82, 2.24) is 10.2 Å². The average molecular weight is 283 g/mol. The van der Waals surface area contributed by atoms with Crippen LogP contribution in [0.5, 0.6) is 0 Å². The Hall–Kier alpha value is -2.18. The lowest BCUT2D eigenvalue weighted by molar-refractivity contribution is -0.121. The second kappa shape index (κ2) is 5.44. The number of rotatable bonds is 4. The van der Waals surface area contributed by atoms with Crippen molar-refractivity contribution in [1.29, 1.82) is 0 Å². The van der Waals surface area contributed by atoms with Crippen LogP contribution in [0.3, 0.4) is 0 Å². The van der Waals surface area contributed by atoms with E-state index in [9.17, 15) is 18.4 Å². The van der Waals surface area contributed by atoms with Gasteiger partial charge in [-0.15, -0.1) is 0 Å². The van der Waals surface area contributed by atoms with Gasteiger partial charge in [0, 0.05) is 13.1 Å². The fourth-order valence-corrected chi connectivity index (χ4v) is 1.76. The third kappa shape index (κ3) is 3.23. The number of likely N-dealkylation sites (N-methyl/N-ethyl adjacent to an activating group) is 1. The Morgan fingerprint density at radius 2 is 2.05 bits per heavy atom. The quantitative estimate of drug-likeness (QED) is 0.806. The lowest BCUT2D eigenvalue weighted by Gasteiger charge is -2.17. The third-order valence-electron chi connectivity index (χ3n) is 2.97. The molecule has 0 aromatic heterocycles. The molecule has 0 saturated heterocycles. The number of hydrogen-bond donors (Lipinski definition) is 2. The number of nitrogen functional groups attached to an aromatic ring is 1. The highest BCUT2D eigenvalue weighted by Gasteiger charge is 2.25. The van der Waals surface area contributed by atoms with Crippen molar-refractivity contribution in [3.05, 3.63) is 29.3 Å². The lowest BCUT2D eigenvalue weighted by Crippen LogP contribution is -2.39. The Kier molecular flexibility index (Phi) is 3.87. The molecule has 1 saturated carbocycles. The van der Waals surface area contributed by atoms with Crippen LogP contribution >= 0.6 is 0 Å². The van der Waals surface area contributed by atoms with Crippen LogP contribution in [0.4, 0.5) is 14.5 Å². The van der Waals surface area contributed by atoms with Gasteiger partial charge in [-0.2, -0.15) is 0 Å². The summed E-state index contributed by atoms with van der Waals surface area (Å²) < 4.78 is 26.9. The van der Waals surface area contributed by atoms with Gasteiger partial charge in [-0.3, -0.25) is 9.59 Å². The number of anilines is 1. The van der Waals surface area contributed by atoms with Crippen LogP contribution in [0.15, 0.2) is 12.1 Å². The summed E-state index contributed by atoms with van der Waals surface area (Å²) in [6.45, 7) is -0.217. The van der Waals surface area contributed by atoms with Crippen LogP contribution in [0.1, 0.15) is 23.2 Å². The molecule has 1 aromatic rings. The van der Waals surface area contributed by atoms with Gasteiger partial charge < -0.3 is 16.0 Å². The molecule has 1 fully saturated rings. The summed E-state index contributed by atoms with van der Waals surface area (Å²) >= 11 is 0.